The molecular formula is C21H22ClF3N4O3. The maximum absolute atomic E-state index is 13.0. The van der Waals surface area contributed by atoms with E-state index >= 15 is 0 Å². The molecule has 1 aliphatic heterocycles. The van der Waals surface area contributed by atoms with Crippen LogP contribution in [0.15, 0.2) is 30.5 Å². The molecule has 0 spiro atoms. The van der Waals surface area contributed by atoms with Gasteiger partial charge in [-0.05, 0) is 44.2 Å². The van der Waals surface area contributed by atoms with E-state index in [0.29, 0.717) is 24.3 Å². The predicted octanol–water partition coefficient (Wildman–Crippen LogP) is 3.68. The SMILES string of the molecule is CN(CC(=O)Nc1ccc(Cl)c(C(F)(F)F)c1)CC(=O)c1c[nH]c(C(=O)N2CCCC2)c1. The largest absolute Gasteiger partial charge is 0.417 e. The number of aromatic amines is 1. The van der Waals surface area contributed by atoms with Crippen molar-refractivity contribution >= 4 is 34.9 Å². The number of rotatable bonds is 7. The van der Waals surface area contributed by atoms with Gasteiger partial charge in [0.25, 0.3) is 5.91 Å². The summed E-state index contributed by atoms with van der Waals surface area (Å²) >= 11 is 5.57. The first kappa shape index (κ1) is 23.8. The molecule has 0 radical (unpaired) electrons. The van der Waals surface area contributed by atoms with Crippen molar-refractivity contribution in [1.29, 1.82) is 0 Å². The molecule has 2 aromatic rings. The number of halogens is 4. The second-order valence-corrected chi connectivity index (χ2v) is 8.04. The minimum absolute atomic E-state index is 0.0536. The zero-order chi connectivity index (χ0) is 23.5. The lowest BCUT2D eigenvalue weighted by atomic mass is 10.2. The molecule has 0 bridgehead atoms. The second kappa shape index (κ2) is 9.74. The predicted molar refractivity (Wildman–Crippen MR) is 113 cm³/mol. The summed E-state index contributed by atoms with van der Waals surface area (Å²) < 4.78 is 38.9. The monoisotopic (exact) mass is 470 g/mol. The molecule has 1 aromatic heterocycles. The maximum atomic E-state index is 13.0. The fraction of sp³-hybridized carbons (Fsp3) is 0.381. The summed E-state index contributed by atoms with van der Waals surface area (Å²) in [6.07, 6.45) is -1.28. The lowest BCUT2D eigenvalue weighted by molar-refractivity contribution is -0.137. The van der Waals surface area contributed by atoms with Crippen molar-refractivity contribution in [2.24, 2.45) is 0 Å². The Kier molecular flexibility index (Phi) is 7.25. The third kappa shape index (κ3) is 5.89. The van der Waals surface area contributed by atoms with E-state index in [-0.39, 0.29) is 30.5 Å². The van der Waals surface area contributed by atoms with Crippen molar-refractivity contribution in [3.05, 3.63) is 52.3 Å². The lowest BCUT2D eigenvalue weighted by Gasteiger charge is -2.16. The third-order valence-electron chi connectivity index (χ3n) is 5.01. The Balaban J connectivity index is 1.54. The molecule has 2 N–H and O–H groups in total. The van der Waals surface area contributed by atoms with Gasteiger partial charge in [0.05, 0.1) is 23.7 Å². The number of hydrogen-bond donors (Lipinski definition) is 2. The topological polar surface area (TPSA) is 85.5 Å². The summed E-state index contributed by atoms with van der Waals surface area (Å²) in [5.41, 5.74) is -0.458. The molecule has 0 atom stereocenters. The molecule has 7 nitrogen and oxygen atoms in total. The number of Topliss-reactive ketones (excluding diaryl/α,β-unsaturated/α-hetero) is 1. The first-order valence-electron chi connectivity index (χ1n) is 9.90. The quantitative estimate of drug-likeness (QED) is 0.604. The molecular weight excluding hydrogens is 449 g/mol. The number of likely N-dealkylation sites (N-methyl/N-ethyl adjacent to an activating group) is 1. The standard InChI is InChI=1S/C21H22ClF3N4O3/c1-28(12-19(31)27-14-4-5-16(22)15(9-14)21(23,24)25)11-18(30)13-8-17(26-10-13)20(32)29-6-2-3-7-29/h4-5,8-10,26H,2-3,6-7,11-12H2,1H3,(H,27,31). The zero-order valence-corrected chi connectivity index (χ0v) is 18.0. The smallest absolute Gasteiger partial charge is 0.356 e. The first-order valence-corrected chi connectivity index (χ1v) is 10.3. The van der Waals surface area contributed by atoms with Crippen molar-refractivity contribution in [3.8, 4) is 0 Å². The van der Waals surface area contributed by atoms with Crippen LogP contribution in [-0.4, -0.2) is 65.6 Å². The summed E-state index contributed by atoms with van der Waals surface area (Å²) in [6.45, 7) is 1.05. The van der Waals surface area contributed by atoms with Gasteiger partial charge in [0.2, 0.25) is 5.91 Å². The number of nitrogens with zero attached hydrogens (tertiary/aromatic N) is 2. The van der Waals surface area contributed by atoms with Crippen molar-refractivity contribution < 1.29 is 27.6 Å². The number of amides is 2. The Morgan fingerprint density at radius 2 is 1.84 bits per heavy atom. The average Bonchev–Trinajstić information content (AvgIpc) is 3.40. The summed E-state index contributed by atoms with van der Waals surface area (Å²) in [7, 11) is 1.53. The zero-order valence-electron chi connectivity index (χ0n) is 17.3. The van der Waals surface area contributed by atoms with Gasteiger partial charge in [0.1, 0.15) is 5.69 Å². The molecule has 1 saturated heterocycles. The number of anilines is 1. The molecule has 1 fully saturated rings. The Bertz CT molecular complexity index is 1020. The molecule has 2 heterocycles. The number of likely N-dealkylation sites (tertiary alicyclic amines) is 1. The Morgan fingerprint density at radius 1 is 1.16 bits per heavy atom. The summed E-state index contributed by atoms with van der Waals surface area (Å²) in [5, 5.41) is 1.90. The van der Waals surface area contributed by atoms with Gasteiger partial charge in [-0.3, -0.25) is 19.3 Å². The van der Waals surface area contributed by atoms with Crippen LogP contribution < -0.4 is 5.32 Å². The molecule has 2 amide bonds. The van der Waals surface area contributed by atoms with E-state index in [2.05, 4.69) is 10.3 Å². The number of carbonyl (C=O) groups is 3. The molecule has 0 saturated carbocycles. The number of carbonyl (C=O) groups excluding carboxylic acids is 3. The van der Waals surface area contributed by atoms with Crippen LogP contribution in [0, 0.1) is 0 Å². The number of hydrogen-bond acceptors (Lipinski definition) is 4. The third-order valence-corrected chi connectivity index (χ3v) is 5.34. The van der Waals surface area contributed by atoms with Gasteiger partial charge in [-0.2, -0.15) is 13.2 Å². The van der Waals surface area contributed by atoms with Crippen LogP contribution in [0.5, 0.6) is 0 Å². The fourth-order valence-electron chi connectivity index (χ4n) is 3.43. The molecule has 0 unspecified atom stereocenters. The minimum atomic E-state index is -4.65. The highest BCUT2D eigenvalue weighted by Crippen LogP contribution is 2.36. The van der Waals surface area contributed by atoms with Crippen molar-refractivity contribution in [1.82, 2.24) is 14.8 Å². The maximum Gasteiger partial charge on any atom is 0.417 e. The van der Waals surface area contributed by atoms with Crippen LogP contribution >= 0.6 is 11.6 Å². The number of alkyl halides is 3. The van der Waals surface area contributed by atoms with Crippen LogP contribution in [0.1, 0.15) is 39.3 Å². The lowest BCUT2D eigenvalue weighted by Crippen LogP contribution is -2.34. The summed E-state index contributed by atoms with van der Waals surface area (Å²) in [4.78, 5) is 43.0. The van der Waals surface area contributed by atoms with E-state index < -0.39 is 22.7 Å². The van der Waals surface area contributed by atoms with Gasteiger partial charge in [-0.25, -0.2) is 0 Å². The molecule has 11 heteroatoms. The number of aromatic nitrogens is 1. The molecule has 172 valence electrons. The van der Waals surface area contributed by atoms with E-state index in [4.69, 9.17) is 11.6 Å². The van der Waals surface area contributed by atoms with Gasteiger partial charge < -0.3 is 15.2 Å². The first-order chi connectivity index (χ1) is 15.0. The van der Waals surface area contributed by atoms with Gasteiger partial charge in [0.15, 0.2) is 5.78 Å². The molecule has 32 heavy (non-hydrogen) atoms. The normalized spacial score (nSPS) is 14.1. The average molecular weight is 471 g/mol. The van der Waals surface area contributed by atoms with E-state index in [1.54, 1.807) is 4.90 Å². The van der Waals surface area contributed by atoms with E-state index in [9.17, 15) is 27.6 Å². The van der Waals surface area contributed by atoms with Gasteiger partial charge in [-0.1, -0.05) is 11.6 Å². The van der Waals surface area contributed by atoms with Crippen LogP contribution in [0.25, 0.3) is 0 Å². The minimum Gasteiger partial charge on any atom is -0.356 e. The Labute approximate surface area is 187 Å². The Morgan fingerprint density at radius 3 is 2.50 bits per heavy atom. The van der Waals surface area contributed by atoms with Gasteiger partial charge in [0, 0.05) is 30.5 Å². The summed E-state index contributed by atoms with van der Waals surface area (Å²) in [6, 6.07) is 4.56. The molecule has 1 aromatic carbocycles. The summed E-state index contributed by atoms with van der Waals surface area (Å²) in [5.74, 6) is -1.05. The van der Waals surface area contributed by atoms with Crippen molar-refractivity contribution in [3.63, 3.8) is 0 Å². The highest BCUT2D eigenvalue weighted by molar-refractivity contribution is 6.31. The highest BCUT2D eigenvalue weighted by atomic mass is 35.5. The second-order valence-electron chi connectivity index (χ2n) is 7.64. The van der Waals surface area contributed by atoms with Gasteiger partial charge >= 0.3 is 6.18 Å². The van der Waals surface area contributed by atoms with Crippen LogP contribution in [0.4, 0.5) is 18.9 Å². The number of benzene rings is 1. The number of H-pyrrole nitrogens is 1. The van der Waals surface area contributed by atoms with E-state index in [1.807, 2.05) is 0 Å². The highest BCUT2D eigenvalue weighted by Gasteiger charge is 2.33. The van der Waals surface area contributed by atoms with Crippen molar-refractivity contribution in [2.75, 3.05) is 38.5 Å². The van der Waals surface area contributed by atoms with Crippen LogP contribution in [0.2, 0.25) is 5.02 Å². The van der Waals surface area contributed by atoms with Crippen LogP contribution in [0.3, 0.4) is 0 Å². The molecule has 1 aliphatic rings. The van der Waals surface area contributed by atoms with E-state index in [0.717, 1.165) is 25.0 Å². The fourth-order valence-corrected chi connectivity index (χ4v) is 3.65. The number of ketones is 1. The van der Waals surface area contributed by atoms with Crippen molar-refractivity contribution in [2.45, 2.75) is 19.0 Å². The molecule has 3 rings (SSSR count). The van der Waals surface area contributed by atoms with E-state index in [1.165, 1.54) is 30.3 Å². The van der Waals surface area contributed by atoms with Crippen LogP contribution in [-0.2, 0) is 11.0 Å². The number of nitrogens with one attached hydrogen (secondary N) is 2. The van der Waals surface area contributed by atoms with Gasteiger partial charge in [-0.15, -0.1) is 0 Å². The molecule has 0 aliphatic carbocycles. The Hall–Kier alpha value is -2.85.